The van der Waals surface area contributed by atoms with E-state index in [9.17, 15) is 20.1 Å². The molecule has 1 rings (SSSR count). The standard InChI is InChI=1S/C19H31NO4/c1-2-3-4-5-6-7-10-20-19(24)12-15(14-21)11-16-8-9-17(22)13-18(16)23/h8-9,13,15,21-23H,2-7,10-12,14H2,1H3,(H,20,24). The molecule has 0 aliphatic rings. The van der Waals surface area contributed by atoms with Crippen LogP contribution in [-0.2, 0) is 11.2 Å². The van der Waals surface area contributed by atoms with Crippen LogP contribution in [0.2, 0.25) is 0 Å². The summed E-state index contributed by atoms with van der Waals surface area (Å²) >= 11 is 0. The van der Waals surface area contributed by atoms with Crippen LogP contribution in [-0.4, -0.2) is 34.4 Å². The van der Waals surface area contributed by atoms with Crippen molar-refractivity contribution in [2.75, 3.05) is 13.2 Å². The monoisotopic (exact) mass is 337 g/mol. The van der Waals surface area contributed by atoms with Gasteiger partial charge in [-0.05, 0) is 30.4 Å². The Morgan fingerprint density at radius 1 is 1.12 bits per heavy atom. The zero-order chi connectivity index (χ0) is 17.8. The molecule has 0 radical (unpaired) electrons. The van der Waals surface area contributed by atoms with Crippen molar-refractivity contribution in [3.8, 4) is 11.5 Å². The van der Waals surface area contributed by atoms with Crippen LogP contribution in [0.1, 0.15) is 57.4 Å². The second kappa shape index (κ2) is 11.7. The minimum atomic E-state index is -0.245. The maximum Gasteiger partial charge on any atom is 0.220 e. The second-order valence-corrected chi connectivity index (χ2v) is 6.39. The normalized spacial score (nSPS) is 12.1. The van der Waals surface area contributed by atoms with Gasteiger partial charge in [-0.3, -0.25) is 4.79 Å². The first-order valence-electron chi connectivity index (χ1n) is 8.95. The summed E-state index contributed by atoms with van der Waals surface area (Å²) in [5, 5.41) is 31.4. The smallest absolute Gasteiger partial charge is 0.220 e. The highest BCUT2D eigenvalue weighted by Gasteiger charge is 2.15. The topological polar surface area (TPSA) is 89.8 Å². The molecule has 0 aliphatic carbocycles. The van der Waals surface area contributed by atoms with Crippen molar-refractivity contribution in [2.45, 2.75) is 58.3 Å². The van der Waals surface area contributed by atoms with Crippen molar-refractivity contribution in [3.05, 3.63) is 23.8 Å². The zero-order valence-electron chi connectivity index (χ0n) is 14.6. The minimum absolute atomic E-state index is 0.00604. The number of aromatic hydroxyl groups is 2. The Morgan fingerprint density at radius 3 is 2.50 bits per heavy atom. The molecular weight excluding hydrogens is 306 g/mol. The average molecular weight is 337 g/mol. The van der Waals surface area contributed by atoms with E-state index in [1.54, 1.807) is 6.07 Å². The summed E-state index contributed by atoms with van der Waals surface area (Å²) in [6, 6.07) is 4.37. The number of benzene rings is 1. The summed E-state index contributed by atoms with van der Waals surface area (Å²) in [6.45, 7) is 2.74. The molecule has 1 unspecified atom stereocenters. The fourth-order valence-corrected chi connectivity index (χ4v) is 2.70. The van der Waals surface area contributed by atoms with E-state index in [0.29, 0.717) is 18.5 Å². The number of carbonyl (C=O) groups excluding carboxylic acids is 1. The third-order valence-electron chi connectivity index (χ3n) is 4.16. The van der Waals surface area contributed by atoms with Crippen molar-refractivity contribution in [2.24, 2.45) is 5.92 Å². The van der Waals surface area contributed by atoms with Gasteiger partial charge in [0, 0.05) is 25.6 Å². The Balaban J connectivity index is 2.27. The molecule has 0 aromatic heterocycles. The van der Waals surface area contributed by atoms with Crippen LogP contribution in [0.25, 0.3) is 0 Å². The van der Waals surface area contributed by atoms with E-state index >= 15 is 0 Å². The molecule has 0 saturated heterocycles. The zero-order valence-corrected chi connectivity index (χ0v) is 14.6. The highest BCUT2D eigenvalue weighted by molar-refractivity contribution is 5.76. The molecule has 5 heteroatoms. The number of phenolic OH excluding ortho intramolecular Hbond substituents is 2. The van der Waals surface area contributed by atoms with Crippen LogP contribution in [0.15, 0.2) is 18.2 Å². The number of hydrogen-bond acceptors (Lipinski definition) is 4. The number of hydrogen-bond donors (Lipinski definition) is 4. The molecular formula is C19H31NO4. The Kier molecular flexibility index (Phi) is 9.92. The Morgan fingerprint density at radius 2 is 1.83 bits per heavy atom. The summed E-state index contributed by atoms with van der Waals surface area (Å²) in [6.07, 6.45) is 7.71. The molecule has 0 aliphatic heterocycles. The van der Waals surface area contributed by atoms with Crippen molar-refractivity contribution in [3.63, 3.8) is 0 Å². The number of rotatable bonds is 12. The summed E-state index contributed by atoms with van der Waals surface area (Å²) in [7, 11) is 0. The van der Waals surface area contributed by atoms with Crippen LogP contribution in [0.5, 0.6) is 11.5 Å². The van der Waals surface area contributed by atoms with E-state index in [0.717, 1.165) is 12.8 Å². The van der Waals surface area contributed by atoms with Gasteiger partial charge in [-0.1, -0.05) is 45.1 Å². The lowest BCUT2D eigenvalue weighted by Gasteiger charge is -2.15. The molecule has 0 heterocycles. The molecule has 1 amide bonds. The van der Waals surface area contributed by atoms with Crippen LogP contribution in [0.4, 0.5) is 0 Å². The highest BCUT2D eigenvalue weighted by atomic mass is 16.3. The van der Waals surface area contributed by atoms with Gasteiger partial charge in [-0.2, -0.15) is 0 Å². The fourth-order valence-electron chi connectivity index (χ4n) is 2.70. The molecule has 1 atom stereocenters. The molecule has 0 fully saturated rings. The molecule has 24 heavy (non-hydrogen) atoms. The molecule has 0 saturated carbocycles. The molecule has 5 nitrogen and oxygen atoms in total. The third-order valence-corrected chi connectivity index (χ3v) is 4.16. The number of phenols is 2. The minimum Gasteiger partial charge on any atom is -0.508 e. The van der Waals surface area contributed by atoms with Gasteiger partial charge in [-0.15, -0.1) is 0 Å². The van der Waals surface area contributed by atoms with Gasteiger partial charge in [0.25, 0.3) is 0 Å². The van der Waals surface area contributed by atoms with E-state index in [4.69, 9.17) is 0 Å². The molecule has 1 aromatic carbocycles. The highest BCUT2D eigenvalue weighted by Crippen LogP contribution is 2.25. The van der Waals surface area contributed by atoms with Crippen molar-refractivity contribution in [1.29, 1.82) is 0 Å². The summed E-state index contributed by atoms with van der Waals surface area (Å²) < 4.78 is 0. The van der Waals surface area contributed by atoms with Crippen molar-refractivity contribution >= 4 is 5.91 Å². The van der Waals surface area contributed by atoms with E-state index in [1.807, 2.05) is 0 Å². The SMILES string of the molecule is CCCCCCCCNC(=O)CC(CO)Cc1ccc(O)cc1O. The molecule has 0 bridgehead atoms. The number of carbonyl (C=O) groups is 1. The lowest BCUT2D eigenvalue weighted by molar-refractivity contribution is -0.122. The molecule has 0 spiro atoms. The summed E-state index contributed by atoms with van der Waals surface area (Å²) in [5.74, 6) is -0.333. The van der Waals surface area contributed by atoms with Gasteiger partial charge in [0.05, 0.1) is 0 Å². The fraction of sp³-hybridized carbons (Fsp3) is 0.632. The average Bonchev–Trinajstić information content (AvgIpc) is 2.55. The van der Waals surface area contributed by atoms with Gasteiger partial charge in [0.2, 0.25) is 5.91 Å². The maximum absolute atomic E-state index is 12.0. The molecule has 1 aromatic rings. The van der Waals surface area contributed by atoms with Gasteiger partial charge in [0.1, 0.15) is 11.5 Å². The maximum atomic E-state index is 12.0. The first kappa shape index (κ1) is 20.3. The lowest BCUT2D eigenvalue weighted by Crippen LogP contribution is -2.28. The van der Waals surface area contributed by atoms with Crippen LogP contribution in [0, 0.1) is 5.92 Å². The summed E-state index contributed by atoms with van der Waals surface area (Å²) in [4.78, 5) is 12.0. The Labute approximate surface area is 144 Å². The van der Waals surface area contributed by atoms with E-state index in [-0.39, 0.29) is 36.4 Å². The molecule has 136 valence electrons. The Bertz CT molecular complexity index is 490. The predicted molar refractivity (Wildman–Crippen MR) is 95.1 cm³/mol. The summed E-state index contributed by atoms with van der Waals surface area (Å²) in [5.41, 5.74) is 0.621. The lowest BCUT2D eigenvalue weighted by atomic mass is 9.96. The van der Waals surface area contributed by atoms with Crippen LogP contribution < -0.4 is 5.32 Å². The van der Waals surface area contributed by atoms with Gasteiger partial charge < -0.3 is 20.6 Å². The first-order valence-corrected chi connectivity index (χ1v) is 8.95. The van der Waals surface area contributed by atoms with Gasteiger partial charge >= 0.3 is 0 Å². The number of aliphatic hydroxyl groups is 1. The molecule has 4 N–H and O–H groups in total. The van der Waals surface area contributed by atoms with Gasteiger partial charge in [-0.25, -0.2) is 0 Å². The van der Waals surface area contributed by atoms with E-state index in [1.165, 1.54) is 37.8 Å². The number of amides is 1. The van der Waals surface area contributed by atoms with E-state index in [2.05, 4.69) is 12.2 Å². The van der Waals surface area contributed by atoms with Crippen molar-refractivity contribution < 1.29 is 20.1 Å². The number of unbranched alkanes of at least 4 members (excludes halogenated alkanes) is 5. The first-order chi connectivity index (χ1) is 11.6. The Hall–Kier alpha value is -1.75. The second-order valence-electron chi connectivity index (χ2n) is 6.39. The third kappa shape index (κ3) is 8.20. The number of aliphatic hydroxyl groups excluding tert-OH is 1. The van der Waals surface area contributed by atoms with Crippen molar-refractivity contribution in [1.82, 2.24) is 5.32 Å². The van der Waals surface area contributed by atoms with Gasteiger partial charge in [0.15, 0.2) is 0 Å². The van der Waals surface area contributed by atoms with E-state index < -0.39 is 0 Å². The van der Waals surface area contributed by atoms with Crippen LogP contribution >= 0.6 is 0 Å². The largest absolute Gasteiger partial charge is 0.508 e. The van der Waals surface area contributed by atoms with Crippen LogP contribution in [0.3, 0.4) is 0 Å². The quantitative estimate of drug-likeness (QED) is 0.441. The predicted octanol–water partition coefficient (Wildman–Crippen LogP) is 3.12. The number of nitrogens with one attached hydrogen (secondary N) is 1.